The number of carbonyl (C=O) groups is 12. The minimum atomic E-state index is -5.19. The molecule has 0 radical (unpaired) electrons. The fourth-order valence-corrected chi connectivity index (χ4v) is 17.5. The number of alkyl halides is 6. The summed E-state index contributed by atoms with van der Waals surface area (Å²) in [6.45, 7) is 4.19. The molecule has 12 amide bonds. The Balaban J connectivity index is 1.20. The van der Waals surface area contributed by atoms with E-state index in [1.807, 2.05) is 0 Å². The summed E-state index contributed by atoms with van der Waals surface area (Å²) < 4.78 is 105. The zero-order valence-electron chi connectivity index (χ0n) is 64.8. The van der Waals surface area contributed by atoms with Gasteiger partial charge in [-0.2, -0.15) is 13.2 Å². The van der Waals surface area contributed by atoms with Gasteiger partial charge in [0.05, 0.1) is 38.8 Å². The number of morpholine rings is 1. The molecule has 8 fully saturated rings. The van der Waals surface area contributed by atoms with Crippen molar-refractivity contribution >= 4 is 70.9 Å². The molecular weight excluding hydrogens is 1420 g/mol. The molecule has 2 unspecified atom stereocenters. The standard InChI is InChI=1S/C75H118F6N12O15/c1-11-45(3)63-71(103)86(5)44-61(96)88(7)55-21-14-13-17-31-92(70(55)102)58(39-46-22-25-49(76)26-23-46)68(100)85(4)43-59(94)82-53(27-24-47-37-51(77)62(52(78)38-47)75(79,80)81)67(99)93-42-50(108-12-2)40-56(93)66(98)84-74(29-18-30-74)73(105)90(9)64(48-19-15-16-20-48)72(104)89(8)57(69(101)91-32-35-107-36-33-91)41-60(95)87(6)54(28-34-106-10)65(97)83-63/h45-58,62-64H,11-44H2,1-10H3,(H,82,94)(H,83,97)(H,84,98)/t45-,46?,47?,49?,50+,51?,52?,53-,54-,55-,56-,57-,58-,62?,63-,64-/m0/s1. The van der Waals surface area contributed by atoms with Gasteiger partial charge in [0.1, 0.15) is 78.3 Å². The lowest BCUT2D eigenvalue weighted by atomic mass is 9.74. The first-order chi connectivity index (χ1) is 51.2. The summed E-state index contributed by atoms with van der Waals surface area (Å²) in [5.74, 6) is -14.2. The third-order valence-electron chi connectivity index (χ3n) is 24.5. The summed E-state index contributed by atoms with van der Waals surface area (Å²) in [5, 5.41) is 8.51. The summed E-state index contributed by atoms with van der Waals surface area (Å²) in [4.78, 5) is 193. The van der Waals surface area contributed by atoms with Crippen LogP contribution in [0, 0.1) is 29.6 Å². The second kappa shape index (κ2) is 38.8. The van der Waals surface area contributed by atoms with E-state index in [4.69, 9.17) is 14.2 Å². The molecule has 4 aliphatic heterocycles. The van der Waals surface area contributed by atoms with Crippen molar-refractivity contribution in [2.24, 2.45) is 29.6 Å². The molecule has 610 valence electrons. The van der Waals surface area contributed by atoms with E-state index in [0.29, 0.717) is 70.6 Å². The van der Waals surface area contributed by atoms with Crippen LogP contribution in [0.3, 0.4) is 0 Å². The van der Waals surface area contributed by atoms with Crippen molar-refractivity contribution in [2.75, 3.05) is 115 Å². The predicted molar refractivity (Wildman–Crippen MR) is 382 cm³/mol. The number of carbonyl (C=O) groups excluding carboxylic acids is 12. The van der Waals surface area contributed by atoms with Crippen LogP contribution in [0.4, 0.5) is 26.3 Å². The molecule has 4 aliphatic carbocycles. The van der Waals surface area contributed by atoms with Gasteiger partial charge < -0.3 is 74.3 Å². The monoisotopic (exact) mass is 1540 g/mol. The Kier molecular flexibility index (Phi) is 31.2. The Morgan fingerprint density at radius 3 is 1.86 bits per heavy atom. The van der Waals surface area contributed by atoms with Crippen molar-refractivity contribution in [1.29, 1.82) is 0 Å². The van der Waals surface area contributed by atoms with Crippen molar-refractivity contribution in [3.63, 3.8) is 0 Å². The largest absolute Gasteiger partial charge is 0.397 e. The molecular formula is C75H118F6N12O15. The molecule has 4 saturated heterocycles. The summed E-state index contributed by atoms with van der Waals surface area (Å²) in [5.41, 5.74) is -1.67. The first kappa shape index (κ1) is 86.7. The second-order valence-electron chi connectivity index (χ2n) is 31.7. The third kappa shape index (κ3) is 21.0. The van der Waals surface area contributed by atoms with Crippen molar-refractivity contribution in [3.05, 3.63) is 0 Å². The number of hydrogen-bond acceptors (Lipinski definition) is 15. The van der Waals surface area contributed by atoms with Gasteiger partial charge in [-0.3, -0.25) is 57.5 Å². The highest BCUT2D eigenvalue weighted by atomic mass is 19.4. The Labute approximate surface area is 630 Å². The number of nitrogens with zero attached hydrogens (tertiary/aromatic N) is 9. The maximum atomic E-state index is 15.7. The number of ether oxygens (including phenoxy) is 3. The van der Waals surface area contributed by atoms with E-state index in [-0.39, 0.29) is 116 Å². The first-order valence-electron chi connectivity index (χ1n) is 39.2. The highest BCUT2D eigenvalue weighted by Gasteiger charge is 2.56. The van der Waals surface area contributed by atoms with Crippen LogP contribution in [-0.4, -0.2) is 315 Å². The SMILES string of the molecule is CCO[C@@H]1C[C@H]2C(=O)NC3(CCC3)C(=O)N(C)[C@@H](C3CCCC3)C(=O)N(C)[C@H](C(=O)N3CCOCC3)CC(=O)N(C)[C@@H](CCOC)C(=O)N[C@@H]([C@@H](C)CC)C(=O)N(C)CC(=O)N(C)[C@H]3CCCCCN(C3=O)[C@@H](CC3CCC(F)CC3)C(=O)N(C)CC(=O)N[C@@H](CCC3CC(F)C(C(F)(F)F)C(F)C3)C(=O)N2C1. The molecule has 8 rings (SSSR count). The zero-order valence-corrected chi connectivity index (χ0v) is 64.8. The average Bonchev–Trinajstić information content (AvgIpc) is 1.25. The van der Waals surface area contributed by atoms with Crippen LogP contribution < -0.4 is 16.0 Å². The van der Waals surface area contributed by atoms with Gasteiger partial charge in [-0.15, -0.1) is 0 Å². The van der Waals surface area contributed by atoms with Gasteiger partial charge in [-0.1, -0.05) is 46.0 Å². The van der Waals surface area contributed by atoms with Gasteiger partial charge in [0.2, 0.25) is 70.9 Å². The minimum absolute atomic E-state index is 0.0260. The molecule has 3 N–H and O–H groups in total. The summed E-state index contributed by atoms with van der Waals surface area (Å²) in [6, 6.07) is -11.0. The first-order valence-corrected chi connectivity index (χ1v) is 39.2. The molecule has 108 heavy (non-hydrogen) atoms. The molecule has 2 bridgehead atoms. The number of methoxy groups -OCH3 is 1. The molecule has 0 aromatic rings. The van der Waals surface area contributed by atoms with Crippen LogP contribution >= 0.6 is 0 Å². The Hall–Kier alpha value is -6.90. The minimum Gasteiger partial charge on any atom is -0.385 e. The maximum Gasteiger partial charge on any atom is 0.397 e. The molecule has 12 atom stereocenters. The number of likely N-dealkylation sites (N-methyl/N-ethyl adjacent to an activating group) is 6. The molecule has 1 spiro atoms. The number of nitrogens with one attached hydrogen (secondary N) is 3. The van der Waals surface area contributed by atoms with Crippen LogP contribution in [0.2, 0.25) is 0 Å². The molecule has 0 aromatic heterocycles. The van der Waals surface area contributed by atoms with Crippen LogP contribution in [0.15, 0.2) is 0 Å². The van der Waals surface area contributed by atoms with Crippen LogP contribution in [0.5, 0.6) is 0 Å². The van der Waals surface area contributed by atoms with E-state index in [1.54, 1.807) is 20.8 Å². The van der Waals surface area contributed by atoms with Crippen molar-refractivity contribution in [1.82, 2.24) is 60.0 Å². The molecule has 33 heteroatoms. The van der Waals surface area contributed by atoms with Crippen LogP contribution in [-0.2, 0) is 71.7 Å². The lowest BCUT2D eigenvalue weighted by molar-refractivity contribution is -0.219. The van der Waals surface area contributed by atoms with Crippen molar-refractivity contribution in [3.8, 4) is 0 Å². The number of halogens is 6. The van der Waals surface area contributed by atoms with Gasteiger partial charge in [-0.25, -0.2) is 13.2 Å². The van der Waals surface area contributed by atoms with Crippen molar-refractivity contribution in [2.45, 2.75) is 260 Å². The highest BCUT2D eigenvalue weighted by Crippen LogP contribution is 2.45. The Morgan fingerprint density at radius 2 is 1.26 bits per heavy atom. The lowest BCUT2D eigenvalue weighted by Crippen LogP contribution is -2.68. The highest BCUT2D eigenvalue weighted by molar-refractivity contribution is 6.01. The van der Waals surface area contributed by atoms with Crippen molar-refractivity contribution < 1.29 is 98.1 Å². The second-order valence-corrected chi connectivity index (χ2v) is 31.7. The smallest absolute Gasteiger partial charge is 0.385 e. The zero-order chi connectivity index (χ0) is 79.2. The molecule has 4 saturated carbocycles. The molecule has 27 nitrogen and oxygen atoms in total. The Morgan fingerprint density at radius 1 is 0.620 bits per heavy atom. The molecule has 8 aliphatic rings. The van der Waals surface area contributed by atoms with Gasteiger partial charge in [-0.05, 0) is 133 Å². The number of fused-ring (bicyclic) bond motifs is 3. The molecule has 4 heterocycles. The van der Waals surface area contributed by atoms with E-state index in [9.17, 15) is 36.7 Å². The predicted octanol–water partition coefficient (Wildman–Crippen LogP) is 4.50. The number of hydrogen-bond donors (Lipinski definition) is 3. The van der Waals surface area contributed by atoms with E-state index in [0.717, 1.165) is 24.5 Å². The van der Waals surface area contributed by atoms with E-state index in [1.165, 1.54) is 69.0 Å². The fourth-order valence-electron chi connectivity index (χ4n) is 17.5. The van der Waals surface area contributed by atoms with E-state index >= 15 is 47.1 Å². The Bertz CT molecular complexity index is 3140. The fraction of sp³-hybridized carbons (Fsp3) is 0.840. The molecule has 0 aromatic carbocycles. The van der Waals surface area contributed by atoms with Gasteiger partial charge >= 0.3 is 6.18 Å². The number of amides is 12. The maximum absolute atomic E-state index is 15.7. The third-order valence-corrected chi connectivity index (χ3v) is 24.5. The topological polar surface area (TPSA) is 298 Å². The van der Waals surface area contributed by atoms with Gasteiger partial charge in [0.15, 0.2) is 0 Å². The quantitative estimate of drug-likeness (QED) is 0.202. The van der Waals surface area contributed by atoms with Gasteiger partial charge in [0, 0.05) is 102 Å². The van der Waals surface area contributed by atoms with E-state index in [2.05, 4.69) is 16.0 Å². The number of rotatable bonds is 14. The van der Waals surface area contributed by atoms with Crippen LogP contribution in [0.1, 0.15) is 175 Å². The summed E-state index contributed by atoms with van der Waals surface area (Å²) in [7, 11) is 9.65. The summed E-state index contributed by atoms with van der Waals surface area (Å²) >= 11 is 0. The van der Waals surface area contributed by atoms with Gasteiger partial charge in [0.25, 0.3) is 0 Å². The summed E-state index contributed by atoms with van der Waals surface area (Å²) in [6.07, 6.45) is -9.44. The normalized spacial score (nSPS) is 32.5. The average molecular weight is 1540 g/mol. The van der Waals surface area contributed by atoms with Crippen LogP contribution in [0.25, 0.3) is 0 Å². The lowest BCUT2D eigenvalue weighted by Gasteiger charge is -2.47. The van der Waals surface area contributed by atoms with E-state index < -0.39 is 218 Å².